The molecular weight excluding hydrogens is 328 g/mol. The third-order valence-corrected chi connectivity index (χ3v) is 4.40. The van der Waals surface area contributed by atoms with Crippen LogP contribution in [-0.2, 0) is 10.0 Å². The number of rotatable bonds is 3. The lowest BCUT2D eigenvalue weighted by atomic mass is 10.1. The molecule has 8 heteroatoms. The second-order valence-electron chi connectivity index (χ2n) is 5.12. The van der Waals surface area contributed by atoms with Gasteiger partial charge in [0.2, 0.25) is 10.0 Å². The number of fused-ring (bicyclic) bond motifs is 1. The maximum absolute atomic E-state index is 11.2. The van der Waals surface area contributed by atoms with Crippen LogP contribution in [0.25, 0.3) is 10.8 Å². The van der Waals surface area contributed by atoms with Gasteiger partial charge in [0, 0.05) is 16.5 Å². The Morgan fingerprint density at radius 1 is 0.917 bits per heavy atom. The van der Waals surface area contributed by atoms with Crippen molar-refractivity contribution >= 4 is 37.9 Å². The van der Waals surface area contributed by atoms with Gasteiger partial charge in [-0.05, 0) is 30.3 Å². The lowest BCUT2D eigenvalue weighted by Gasteiger charge is -2.06. The van der Waals surface area contributed by atoms with E-state index in [1.807, 2.05) is 6.07 Å². The van der Waals surface area contributed by atoms with Crippen LogP contribution < -0.4 is 10.9 Å². The average molecular weight is 342 g/mol. The summed E-state index contributed by atoms with van der Waals surface area (Å²) >= 11 is 0. The molecule has 0 bridgehead atoms. The maximum Gasteiger partial charge on any atom is 0.238 e. The van der Waals surface area contributed by atoms with Crippen LogP contribution in [0.5, 0.6) is 5.75 Å². The number of phenolic OH excluding ortho intramolecular Hbond substituents is 1. The minimum atomic E-state index is -3.75. The van der Waals surface area contributed by atoms with Gasteiger partial charge in [0.1, 0.15) is 5.69 Å². The Morgan fingerprint density at radius 3 is 2.17 bits per heavy atom. The van der Waals surface area contributed by atoms with E-state index >= 15 is 0 Å². The van der Waals surface area contributed by atoms with E-state index in [1.165, 1.54) is 30.3 Å². The van der Waals surface area contributed by atoms with E-state index in [2.05, 4.69) is 10.2 Å². The van der Waals surface area contributed by atoms with Gasteiger partial charge < -0.3 is 10.8 Å². The van der Waals surface area contributed by atoms with E-state index in [0.717, 1.165) is 5.39 Å². The first-order valence-corrected chi connectivity index (χ1v) is 8.46. The van der Waals surface area contributed by atoms with Gasteiger partial charge in [0.05, 0.1) is 10.6 Å². The molecule has 3 aromatic rings. The Hall–Kier alpha value is -2.97. The number of nitrogen functional groups attached to an aromatic ring is 1. The highest BCUT2D eigenvalue weighted by Crippen LogP contribution is 2.39. The molecule has 0 saturated carbocycles. The normalized spacial score (nSPS) is 12.0. The summed E-state index contributed by atoms with van der Waals surface area (Å²) in [4.78, 5) is -0.0146. The second kappa shape index (κ2) is 5.91. The molecule has 0 fully saturated rings. The average Bonchev–Trinajstić information content (AvgIpc) is 2.56. The minimum Gasteiger partial charge on any atom is -0.505 e. The molecule has 0 aliphatic heterocycles. The number of anilines is 1. The van der Waals surface area contributed by atoms with Crippen molar-refractivity contribution in [2.24, 2.45) is 15.4 Å². The number of nitrogens with two attached hydrogens (primary N) is 2. The van der Waals surface area contributed by atoms with Gasteiger partial charge in [-0.1, -0.05) is 24.3 Å². The Balaban J connectivity index is 1.98. The van der Waals surface area contributed by atoms with E-state index in [9.17, 15) is 13.5 Å². The minimum absolute atomic E-state index is 0.0146. The first-order chi connectivity index (χ1) is 11.4. The fraction of sp³-hybridized carbons (Fsp3) is 0. The summed E-state index contributed by atoms with van der Waals surface area (Å²) in [6, 6.07) is 14.3. The first-order valence-electron chi connectivity index (χ1n) is 6.91. The number of hydrogen-bond acceptors (Lipinski definition) is 6. The third kappa shape index (κ3) is 3.05. The molecule has 0 unspecified atom stereocenters. The molecule has 0 amide bonds. The van der Waals surface area contributed by atoms with E-state index in [1.54, 1.807) is 18.2 Å². The quantitative estimate of drug-likeness (QED) is 0.383. The number of sulfonamides is 1. The fourth-order valence-electron chi connectivity index (χ4n) is 2.26. The standard InChI is InChI=1S/C16H14N4O3S/c17-14-9-15(16(21)13-4-2-1-3-12(13)14)20-19-10-5-7-11(8-6-10)24(18,22)23/h1-9,21H,17H2,(H2,18,22,23). The largest absolute Gasteiger partial charge is 0.505 e. The number of azo groups is 1. The number of hydrogen-bond donors (Lipinski definition) is 3. The molecule has 3 aromatic carbocycles. The topological polar surface area (TPSA) is 131 Å². The van der Waals surface area contributed by atoms with E-state index in [-0.39, 0.29) is 16.3 Å². The van der Waals surface area contributed by atoms with Crippen molar-refractivity contribution in [3.05, 3.63) is 54.6 Å². The van der Waals surface area contributed by atoms with Gasteiger partial charge in [-0.15, -0.1) is 5.11 Å². The molecule has 0 aromatic heterocycles. The molecule has 0 heterocycles. The van der Waals surface area contributed by atoms with Crippen molar-refractivity contribution in [2.45, 2.75) is 4.90 Å². The van der Waals surface area contributed by atoms with Crippen LogP contribution in [0.2, 0.25) is 0 Å². The van der Waals surface area contributed by atoms with Gasteiger partial charge in [0.25, 0.3) is 0 Å². The zero-order valence-electron chi connectivity index (χ0n) is 12.4. The van der Waals surface area contributed by atoms with Crippen LogP contribution in [0.15, 0.2) is 69.7 Å². The van der Waals surface area contributed by atoms with Gasteiger partial charge in [-0.25, -0.2) is 13.6 Å². The molecule has 0 saturated heterocycles. The third-order valence-electron chi connectivity index (χ3n) is 3.47. The summed E-state index contributed by atoms with van der Waals surface area (Å²) in [5, 5.41) is 24.6. The summed E-state index contributed by atoms with van der Waals surface area (Å²) in [6.45, 7) is 0. The summed E-state index contributed by atoms with van der Waals surface area (Å²) in [5.74, 6) is -0.0234. The highest BCUT2D eigenvalue weighted by atomic mass is 32.2. The Kier molecular flexibility index (Phi) is 3.92. The number of benzene rings is 3. The molecule has 0 aliphatic carbocycles. The van der Waals surface area contributed by atoms with Crippen molar-refractivity contribution < 1.29 is 13.5 Å². The molecule has 7 nitrogen and oxygen atoms in total. The first kappa shape index (κ1) is 15.9. The number of nitrogens with zero attached hydrogens (tertiary/aromatic N) is 2. The summed E-state index contributed by atoms with van der Waals surface area (Å²) in [6.07, 6.45) is 0. The highest BCUT2D eigenvalue weighted by molar-refractivity contribution is 7.89. The Morgan fingerprint density at radius 2 is 1.54 bits per heavy atom. The SMILES string of the molecule is Nc1cc(N=Nc2ccc(S(N)(=O)=O)cc2)c(O)c2ccccc12. The second-order valence-corrected chi connectivity index (χ2v) is 6.68. The van der Waals surface area contributed by atoms with Crippen molar-refractivity contribution in [2.75, 3.05) is 5.73 Å². The Labute approximate surface area is 138 Å². The van der Waals surface area contributed by atoms with Gasteiger partial charge in [-0.2, -0.15) is 5.11 Å². The molecule has 3 rings (SSSR count). The molecule has 5 N–H and O–H groups in total. The van der Waals surface area contributed by atoms with E-state index in [4.69, 9.17) is 10.9 Å². The smallest absolute Gasteiger partial charge is 0.238 e. The van der Waals surface area contributed by atoms with Gasteiger partial charge in [-0.3, -0.25) is 0 Å². The summed E-state index contributed by atoms with van der Waals surface area (Å²) in [7, 11) is -3.75. The monoisotopic (exact) mass is 342 g/mol. The predicted molar refractivity (Wildman–Crippen MR) is 92.0 cm³/mol. The van der Waals surface area contributed by atoms with E-state index < -0.39 is 10.0 Å². The van der Waals surface area contributed by atoms with Crippen molar-refractivity contribution in [1.29, 1.82) is 0 Å². The molecule has 0 radical (unpaired) electrons. The predicted octanol–water partition coefficient (Wildman–Crippen LogP) is 3.19. The van der Waals surface area contributed by atoms with Crippen molar-refractivity contribution in [3.8, 4) is 5.75 Å². The van der Waals surface area contributed by atoms with Crippen molar-refractivity contribution in [1.82, 2.24) is 0 Å². The Bertz CT molecular complexity index is 1040. The molecule has 122 valence electrons. The lowest BCUT2D eigenvalue weighted by Crippen LogP contribution is -2.11. The van der Waals surface area contributed by atoms with Crippen LogP contribution in [-0.4, -0.2) is 13.5 Å². The van der Waals surface area contributed by atoms with Gasteiger partial charge >= 0.3 is 0 Å². The molecule has 0 aliphatic rings. The zero-order chi connectivity index (χ0) is 17.3. The van der Waals surface area contributed by atoms with E-state index in [0.29, 0.717) is 16.8 Å². The van der Waals surface area contributed by atoms with Crippen LogP contribution in [0, 0.1) is 0 Å². The molecule has 24 heavy (non-hydrogen) atoms. The van der Waals surface area contributed by atoms with Crippen LogP contribution in [0.3, 0.4) is 0 Å². The van der Waals surface area contributed by atoms with Gasteiger partial charge in [0.15, 0.2) is 5.75 Å². The molecule has 0 spiro atoms. The maximum atomic E-state index is 11.2. The fourth-order valence-corrected chi connectivity index (χ4v) is 2.78. The molecular formula is C16H14N4O3S. The van der Waals surface area contributed by atoms with Crippen LogP contribution in [0.4, 0.5) is 17.1 Å². The lowest BCUT2D eigenvalue weighted by molar-refractivity contribution is 0.482. The highest BCUT2D eigenvalue weighted by Gasteiger charge is 2.09. The van der Waals surface area contributed by atoms with Crippen LogP contribution >= 0.6 is 0 Å². The van der Waals surface area contributed by atoms with Crippen molar-refractivity contribution in [3.63, 3.8) is 0 Å². The van der Waals surface area contributed by atoms with Crippen LogP contribution in [0.1, 0.15) is 0 Å². The number of aromatic hydroxyl groups is 1. The summed E-state index contributed by atoms with van der Waals surface area (Å²) in [5.41, 5.74) is 7.08. The number of phenols is 1. The summed E-state index contributed by atoms with van der Waals surface area (Å²) < 4.78 is 22.4. The zero-order valence-corrected chi connectivity index (χ0v) is 13.2. The molecule has 0 atom stereocenters. The number of primary sulfonamides is 1.